The standard InChI is InChI=1S/C11H16S/c1-3-10(2)9-12-11-7-5-4-6-8-11/h4-8,10H,3,9H2,1-2H3. The van der Waals surface area contributed by atoms with Gasteiger partial charge in [0.15, 0.2) is 0 Å². The number of rotatable bonds is 4. The van der Waals surface area contributed by atoms with Gasteiger partial charge in [-0.25, -0.2) is 0 Å². The minimum Gasteiger partial charge on any atom is -0.126 e. The normalized spacial score (nSPS) is 12.8. The summed E-state index contributed by atoms with van der Waals surface area (Å²) in [6, 6.07) is 10.6. The van der Waals surface area contributed by atoms with Crippen molar-refractivity contribution < 1.29 is 0 Å². The zero-order valence-electron chi connectivity index (χ0n) is 7.79. The molecule has 12 heavy (non-hydrogen) atoms. The van der Waals surface area contributed by atoms with Crippen molar-refractivity contribution >= 4 is 11.8 Å². The highest BCUT2D eigenvalue weighted by atomic mass is 32.2. The molecule has 0 fully saturated rings. The molecule has 0 aliphatic heterocycles. The van der Waals surface area contributed by atoms with Gasteiger partial charge in [0, 0.05) is 10.6 Å². The molecule has 0 spiro atoms. The number of benzene rings is 1. The van der Waals surface area contributed by atoms with Gasteiger partial charge in [-0.05, 0) is 18.1 Å². The molecule has 1 unspecified atom stereocenters. The first-order chi connectivity index (χ1) is 5.83. The van der Waals surface area contributed by atoms with E-state index in [-0.39, 0.29) is 0 Å². The molecule has 0 saturated heterocycles. The summed E-state index contributed by atoms with van der Waals surface area (Å²) in [7, 11) is 0. The van der Waals surface area contributed by atoms with Gasteiger partial charge in [-0.15, -0.1) is 11.8 Å². The van der Waals surface area contributed by atoms with Gasteiger partial charge < -0.3 is 0 Å². The lowest BCUT2D eigenvalue weighted by Gasteiger charge is -2.06. The van der Waals surface area contributed by atoms with Crippen LogP contribution in [0.15, 0.2) is 35.2 Å². The predicted molar refractivity (Wildman–Crippen MR) is 56.6 cm³/mol. The smallest absolute Gasteiger partial charge is 0.00720 e. The molecule has 0 saturated carbocycles. The number of thioether (sulfide) groups is 1. The van der Waals surface area contributed by atoms with Gasteiger partial charge in [0.1, 0.15) is 0 Å². The van der Waals surface area contributed by atoms with Gasteiger partial charge in [0.25, 0.3) is 0 Å². The van der Waals surface area contributed by atoms with E-state index >= 15 is 0 Å². The van der Waals surface area contributed by atoms with Crippen LogP contribution in [0.3, 0.4) is 0 Å². The molecule has 0 bridgehead atoms. The van der Waals surface area contributed by atoms with Gasteiger partial charge >= 0.3 is 0 Å². The molecule has 1 aromatic rings. The Labute approximate surface area is 79.4 Å². The first kappa shape index (κ1) is 9.66. The van der Waals surface area contributed by atoms with Crippen molar-refractivity contribution in [3.63, 3.8) is 0 Å². The molecule has 66 valence electrons. The van der Waals surface area contributed by atoms with Crippen LogP contribution in [0.4, 0.5) is 0 Å². The van der Waals surface area contributed by atoms with E-state index in [4.69, 9.17) is 0 Å². The van der Waals surface area contributed by atoms with Crippen molar-refractivity contribution in [3.05, 3.63) is 30.3 Å². The van der Waals surface area contributed by atoms with Crippen molar-refractivity contribution in [1.82, 2.24) is 0 Å². The minimum atomic E-state index is 0.829. The van der Waals surface area contributed by atoms with Gasteiger partial charge in [0.05, 0.1) is 0 Å². The van der Waals surface area contributed by atoms with E-state index in [2.05, 4.69) is 44.2 Å². The SMILES string of the molecule is CCC(C)CSc1ccccc1. The summed E-state index contributed by atoms with van der Waals surface area (Å²) in [4.78, 5) is 1.39. The molecular weight excluding hydrogens is 164 g/mol. The second-order valence-electron chi connectivity index (χ2n) is 3.14. The Morgan fingerprint density at radius 3 is 2.50 bits per heavy atom. The Morgan fingerprint density at radius 2 is 1.92 bits per heavy atom. The highest BCUT2D eigenvalue weighted by Crippen LogP contribution is 2.20. The fourth-order valence-electron chi connectivity index (χ4n) is 0.873. The van der Waals surface area contributed by atoms with Crippen molar-refractivity contribution in [2.24, 2.45) is 5.92 Å². The van der Waals surface area contributed by atoms with Crippen LogP contribution in [0, 0.1) is 5.92 Å². The lowest BCUT2D eigenvalue weighted by atomic mass is 10.2. The van der Waals surface area contributed by atoms with E-state index in [0.717, 1.165) is 5.92 Å². The van der Waals surface area contributed by atoms with E-state index in [1.54, 1.807) is 0 Å². The molecular formula is C11H16S. The lowest BCUT2D eigenvalue weighted by Crippen LogP contribution is -1.94. The Morgan fingerprint density at radius 1 is 1.25 bits per heavy atom. The van der Waals surface area contributed by atoms with Crippen molar-refractivity contribution in [1.29, 1.82) is 0 Å². The average molecular weight is 180 g/mol. The third-order valence-electron chi connectivity index (χ3n) is 1.97. The van der Waals surface area contributed by atoms with Crippen LogP contribution in [0.1, 0.15) is 20.3 Å². The Bertz CT molecular complexity index is 206. The summed E-state index contributed by atoms with van der Waals surface area (Å²) in [6.45, 7) is 4.55. The summed E-state index contributed by atoms with van der Waals surface area (Å²) in [5.74, 6) is 2.07. The van der Waals surface area contributed by atoms with Gasteiger partial charge in [0.2, 0.25) is 0 Å². The Hall–Kier alpha value is -0.430. The third kappa shape index (κ3) is 3.31. The highest BCUT2D eigenvalue weighted by Gasteiger charge is 1.98. The Balaban J connectivity index is 2.33. The van der Waals surface area contributed by atoms with Gasteiger partial charge in [-0.1, -0.05) is 38.5 Å². The van der Waals surface area contributed by atoms with Gasteiger partial charge in [-0.3, -0.25) is 0 Å². The minimum absolute atomic E-state index is 0.829. The van der Waals surface area contributed by atoms with Crippen LogP contribution in [-0.4, -0.2) is 5.75 Å². The summed E-state index contributed by atoms with van der Waals surface area (Å²) < 4.78 is 0. The zero-order valence-corrected chi connectivity index (χ0v) is 8.60. The largest absolute Gasteiger partial charge is 0.126 e. The van der Waals surface area contributed by atoms with Crippen molar-refractivity contribution in [2.45, 2.75) is 25.2 Å². The second-order valence-corrected chi connectivity index (χ2v) is 4.23. The maximum atomic E-state index is 2.30. The molecule has 0 amide bonds. The van der Waals surface area contributed by atoms with E-state index in [0.29, 0.717) is 0 Å². The molecule has 0 heterocycles. The molecule has 1 atom stereocenters. The zero-order chi connectivity index (χ0) is 8.81. The van der Waals surface area contributed by atoms with Gasteiger partial charge in [-0.2, -0.15) is 0 Å². The van der Waals surface area contributed by atoms with Crippen LogP contribution in [0.2, 0.25) is 0 Å². The van der Waals surface area contributed by atoms with Crippen LogP contribution in [0.5, 0.6) is 0 Å². The molecule has 0 aliphatic carbocycles. The first-order valence-corrected chi connectivity index (χ1v) is 5.49. The number of hydrogen-bond acceptors (Lipinski definition) is 1. The highest BCUT2D eigenvalue weighted by molar-refractivity contribution is 7.99. The van der Waals surface area contributed by atoms with E-state index in [1.807, 2.05) is 11.8 Å². The summed E-state index contributed by atoms with van der Waals surface area (Å²) in [5, 5.41) is 0. The average Bonchev–Trinajstić information content (AvgIpc) is 2.16. The first-order valence-electron chi connectivity index (χ1n) is 4.50. The second kappa shape index (κ2) is 5.26. The lowest BCUT2D eigenvalue weighted by molar-refractivity contribution is 0.637. The quantitative estimate of drug-likeness (QED) is 0.635. The maximum Gasteiger partial charge on any atom is 0.00720 e. The third-order valence-corrected chi connectivity index (χ3v) is 3.32. The number of hydrogen-bond donors (Lipinski definition) is 0. The van der Waals surface area contributed by atoms with E-state index in [1.165, 1.54) is 17.1 Å². The molecule has 0 radical (unpaired) electrons. The van der Waals surface area contributed by atoms with Crippen molar-refractivity contribution in [2.75, 3.05) is 5.75 Å². The molecule has 0 aromatic heterocycles. The fourth-order valence-corrected chi connectivity index (χ4v) is 1.94. The van der Waals surface area contributed by atoms with E-state index in [9.17, 15) is 0 Å². The van der Waals surface area contributed by atoms with E-state index < -0.39 is 0 Å². The topological polar surface area (TPSA) is 0 Å². The molecule has 1 rings (SSSR count). The van der Waals surface area contributed by atoms with Crippen LogP contribution < -0.4 is 0 Å². The molecule has 0 N–H and O–H groups in total. The van der Waals surface area contributed by atoms with Crippen LogP contribution in [0.25, 0.3) is 0 Å². The molecule has 0 nitrogen and oxygen atoms in total. The summed E-state index contributed by atoms with van der Waals surface area (Å²) >= 11 is 1.95. The van der Waals surface area contributed by atoms with Crippen molar-refractivity contribution in [3.8, 4) is 0 Å². The molecule has 1 heteroatoms. The summed E-state index contributed by atoms with van der Waals surface area (Å²) in [6.07, 6.45) is 1.28. The van der Waals surface area contributed by atoms with Crippen LogP contribution >= 0.6 is 11.8 Å². The fraction of sp³-hybridized carbons (Fsp3) is 0.455. The molecule has 1 aromatic carbocycles. The monoisotopic (exact) mass is 180 g/mol. The summed E-state index contributed by atoms with van der Waals surface area (Å²) in [5.41, 5.74) is 0. The van der Waals surface area contributed by atoms with Crippen LogP contribution in [-0.2, 0) is 0 Å². The Kier molecular flexibility index (Phi) is 4.23. The maximum absolute atomic E-state index is 2.30. The molecule has 0 aliphatic rings. The predicted octanol–water partition coefficient (Wildman–Crippen LogP) is 3.82.